The monoisotopic (exact) mass is 269 g/mol. The first kappa shape index (κ1) is 12.4. The van der Waals surface area contributed by atoms with Crippen LogP contribution in [-0.4, -0.2) is 16.0 Å². The van der Waals surface area contributed by atoms with Crippen LogP contribution in [0.4, 0.5) is 4.39 Å². The number of nitrogens with zero attached hydrogens (tertiary/aromatic N) is 1. The Kier molecular flexibility index (Phi) is 2.99. The number of aromatic hydroxyl groups is 1. The molecule has 2 aromatic carbocycles. The summed E-state index contributed by atoms with van der Waals surface area (Å²) in [4.78, 5) is 0. The molecule has 0 unspecified atom stereocenters. The number of oxime groups is 1. The van der Waals surface area contributed by atoms with Gasteiger partial charge in [0.1, 0.15) is 17.3 Å². The molecule has 3 rings (SSSR count). The van der Waals surface area contributed by atoms with Gasteiger partial charge in [0.2, 0.25) is 0 Å². The van der Waals surface area contributed by atoms with Crippen LogP contribution in [0.2, 0.25) is 0 Å². The van der Waals surface area contributed by atoms with E-state index in [9.17, 15) is 14.7 Å². The normalized spacial score (nSPS) is 17.6. The molecule has 0 aromatic heterocycles. The zero-order valence-corrected chi connectivity index (χ0v) is 10.5. The maximum Gasteiger partial charge on any atom is 0.123 e. The quantitative estimate of drug-likeness (QED) is 0.616. The van der Waals surface area contributed by atoms with Gasteiger partial charge in [0.15, 0.2) is 0 Å². The van der Waals surface area contributed by atoms with Crippen molar-refractivity contribution in [1.29, 1.82) is 0 Å². The van der Waals surface area contributed by atoms with Crippen molar-refractivity contribution in [3.63, 3.8) is 0 Å². The van der Waals surface area contributed by atoms with E-state index < -0.39 is 0 Å². The summed E-state index contributed by atoms with van der Waals surface area (Å²) >= 11 is 0. The van der Waals surface area contributed by atoms with E-state index in [0.717, 1.165) is 22.3 Å². The second-order valence-electron chi connectivity index (χ2n) is 4.69. The summed E-state index contributed by atoms with van der Waals surface area (Å²) in [6, 6.07) is 11.1. The molecular weight excluding hydrogens is 257 g/mol. The Morgan fingerprint density at radius 3 is 2.55 bits per heavy atom. The predicted octanol–water partition coefficient (Wildman–Crippen LogP) is 3.35. The number of allylic oxidation sites excluding steroid dienone is 1. The van der Waals surface area contributed by atoms with Gasteiger partial charge in [-0.2, -0.15) is 0 Å². The van der Waals surface area contributed by atoms with Crippen LogP contribution in [0.1, 0.15) is 16.7 Å². The van der Waals surface area contributed by atoms with Crippen LogP contribution in [0.3, 0.4) is 0 Å². The van der Waals surface area contributed by atoms with Gasteiger partial charge in [0, 0.05) is 12.0 Å². The van der Waals surface area contributed by atoms with Gasteiger partial charge in [-0.1, -0.05) is 23.4 Å². The number of hydrogen-bond acceptors (Lipinski definition) is 3. The van der Waals surface area contributed by atoms with Crippen LogP contribution in [0.15, 0.2) is 53.2 Å². The SMILES string of the molecule is O/N=C1\C(=C\c2ccc(F)cc2)Cc2ccc(O)cc21. The van der Waals surface area contributed by atoms with E-state index in [4.69, 9.17) is 0 Å². The molecule has 2 N–H and O–H groups in total. The maximum atomic E-state index is 12.9. The van der Waals surface area contributed by atoms with Crippen molar-refractivity contribution < 1.29 is 14.7 Å². The lowest BCUT2D eigenvalue weighted by Crippen LogP contribution is -1.98. The lowest BCUT2D eigenvalue weighted by Gasteiger charge is -2.00. The fraction of sp³-hybridized carbons (Fsp3) is 0.0625. The van der Waals surface area contributed by atoms with Gasteiger partial charge in [0.05, 0.1) is 0 Å². The largest absolute Gasteiger partial charge is 0.508 e. The highest BCUT2D eigenvalue weighted by Gasteiger charge is 2.23. The van der Waals surface area contributed by atoms with E-state index in [1.165, 1.54) is 12.1 Å². The molecule has 4 heteroatoms. The summed E-state index contributed by atoms with van der Waals surface area (Å²) in [7, 11) is 0. The lowest BCUT2D eigenvalue weighted by atomic mass is 10.1. The van der Waals surface area contributed by atoms with E-state index in [-0.39, 0.29) is 11.6 Å². The molecule has 0 aliphatic heterocycles. The Bertz CT molecular complexity index is 718. The summed E-state index contributed by atoms with van der Waals surface area (Å²) in [6.45, 7) is 0. The molecule has 0 radical (unpaired) electrons. The van der Waals surface area contributed by atoms with Crippen LogP contribution in [0.25, 0.3) is 6.08 Å². The molecule has 20 heavy (non-hydrogen) atoms. The van der Waals surface area contributed by atoms with Gasteiger partial charge in [-0.15, -0.1) is 0 Å². The van der Waals surface area contributed by atoms with Crippen molar-refractivity contribution in [2.24, 2.45) is 5.16 Å². The smallest absolute Gasteiger partial charge is 0.123 e. The van der Waals surface area contributed by atoms with E-state index >= 15 is 0 Å². The molecule has 100 valence electrons. The second kappa shape index (κ2) is 4.81. The van der Waals surface area contributed by atoms with Crippen molar-refractivity contribution in [3.8, 4) is 5.75 Å². The van der Waals surface area contributed by atoms with Crippen LogP contribution < -0.4 is 0 Å². The second-order valence-corrected chi connectivity index (χ2v) is 4.69. The molecule has 2 aromatic rings. The summed E-state index contributed by atoms with van der Waals surface area (Å²) in [5, 5.41) is 22.0. The number of hydrogen-bond donors (Lipinski definition) is 2. The Morgan fingerprint density at radius 2 is 1.85 bits per heavy atom. The van der Waals surface area contributed by atoms with E-state index in [1.54, 1.807) is 30.3 Å². The first-order valence-corrected chi connectivity index (χ1v) is 6.18. The molecule has 0 amide bonds. The van der Waals surface area contributed by atoms with Crippen molar-refractivity contribution in [2.45, 2.75) is 6.42 Å². The van der Waals surface area contributed by atoms with Crippen molar-refractivity contribution in [3.05, 3.63) is 70.5 Å². The van der Waals surface area contributed by atoms with Crippen molar-refractivity contribution >= 4 is 11.8 Å². The molecule has 3 nitrogen and oxygen atoms in total. The van der Waals surface area contributed by atoms with Gasteiger partial charge in [0.25, 0.3) is 0 Å². The van der Waals surface area contributed by atoms with Gasteiger partial charge in [-0.25, -0.2) is 4.39 Å². The van der Waals surface area contributed by atoms with Gasteiger partial charge >= 0.3 is 0 Å². The van der Waals surface area contributed by atoms with Gasteiger partial charge in [-0.3, -0.25) is 0 Å². The standard InChI is InChI=1S/C16H12FNO2/c17-13-4-1-10(2-5-13)7-12-8-11-3-6-14(19)9-15(11)16(12)18-20/h1-7,9,19-20H,8H2/b12-7+,18-16+. The molecule has 0 fully saturated rings. The van der Waals surface area contributed by atoms with Crippen molar-refractivity contribution in [1.82, 2.24) is 0 Å². The molecular formula is C16H12FNO2. The number of halogens is 1. The lowest BCUT2D eigenvalue weighted by molar-refractivity contribution is 0.319. The Balaban J connectivity index is 2.03. The fourth-order valence-corrected chi connectivity index (χ4v) is 2.40. The number of rotatable bonds is 1. The van der Waals surface area contributed by atoms with E-state index in [2.05, 4.69) is 5.16 Å². The van der Waals surface area contributed by atoms with Gasteiger partial charge < -0.3 is 10.3 Å². The average molecular weight is 269 g/mol. The number of phenolic OH excluding ortho intramolecular Hbond substituents is 1. The molecule has 0 spiro atoms. The fourth-order valence-electron chi connectivity index (χ4n) is 2.40. The highest BCUT2D eigenvalue weighted by molar-refractivity contribution is 6.18. The molecule has 0 atom stereocenters. The van der Waals surface area contributed by atoms with Crippen LogP contribution in [-0.2, 0) is 6.42 Å². The third-order valence-electron chi connectivity index (χ3n) is 3.34. The minimum atomic E-state index is -0.289. The molecule has 1 aliphatic rings. The Hall–Kier alpha value is -2.62. The van der Waals surface area contributed by atoms with E-state index in [0.29, 0.717) is 12.1 Å². The third-order valence-corrected chi connectivity index (χ3v) is 3.34. The summed E-state index contributed by atoms with van der Waals surface area (Å²) in [6.07, 6.45) is 2.47. The predicted molar refractivity (Wildman–Crippen MR) is 74.5 cm³/mol. The topological polar surface area (TPSA) is 52.8 Å². The molecule has 0 bridgehead atoms. The molecule has 1 aliphatic carbocycles. The number of benzene rings is 2. The molecule has 0 saturated heterocycles. The summed E-state index contributed by atoms with van der Waals surface area (Å²) in [5.74, 6) is -0.157. The Labute approximate surface area is 115 Å². The number of fused-ring (bicyclic) bond motifs is 1. The highest BCUT2D eigenvalue weighted by atomic mass is 19.1. The van der Waals surface area contributed by atoms with Crippen LogP contribution in [0.5, 0.6) is 5.75 Å². The number of phenols is 1. The maximum absolute atomic E-state index is 12.9. The minimum absolute atomic E-state index is 0.132. The Morgan fingerprint density at radius 1 is 1.10 bits per heavy atom. The minimum Gasteiger partial charge on any atom is -0.508 e. The zero-order chi connectivity index (χ0) is 14.1. The van der Waals surface area contributed by atoms with E-state index in [1.807, 2.05) is 6.08 Å². The third kappa shape index (κ3) is 2.16. The first-order chi connectivity index (χ1) is 9.67. The zero-order valence-electron chi connectivity index (χ0n) is 10.5. The highest BCUT2D eigenvalue weighted by Crippen LogP contribution is 2.30. The summed E-state index contributed by atoms with van der Waals surface area (Å²) < 4.78 is 12.9. The molecule has 0 saturated carbocycles. The average Bonchev–Trinajstić information content (AvgIpc) is 2.78. The van der Waals surface area contributed by atoms with Crippen LogP contribution in [0, 0.1) is 5.82 Å². The van der Waals surface area contributed by atoms with Gasteiger partial charge in [-0.05, 0) is 47.0 Å². The van der Waals surface area contributed by atoms with Crippen molar-refractivity contribution in [2.75, 3.05) is 0 Å². The van der Waals surface area contributed by atoms with Crippen LogP contribution >= 0.6 is 0 Å². The molecule has 0 heterocycles. The first-order valence-electron chi connectivity index (χ1n) is 6.18. The summed E-state index contributed by atoms with van der Waals surface area (Å²) in [5.41, 5.74) is 3.82.